The highest BCUT2D eigenvalue weighted by Gasteiger charge is 2.28. The van der Waals surface area contributed by atoms with Crippen molar-refractivity contribution in [2.24, 2.45) is 11.8 Å². The average Bonchev–Trinajstić information content (AvgIpc) is 3.47. The van der Waals surface area contributed by atoms with Gasteiger partial charge in [-0.1, -0.05) is 18.9 Å². The van der Waals surface area contributed by atoms with E-state index in [1.165, 1.54) is 37.0 Å². The number of nitrogens with one attached hydrogen (secondary N) is 2. The number of benzene rings is 1. The first-order chi connectivity index (χ1) is 14.2. The third-order valence-corrected chi connectivity index (χ3v) is 6.96. The Bertz CT molecular complexity index is 805. The molecule has 0 bridgehead atoms. The van der Waals surface area contributed by atoms with Gasteiger partial charge in [-0.05, 0) is 67.3 Å². The Hall–Kier alpha value is -2.34. The second-order valence-electron chi connectivity index (χ2n) is 8.14. The molecule has 2 aromatic rings. The van der Waals surface area contributed by atoms with Crippen LogP contribution in [0.5, 0.6) is 0 Å². The first-order valence-electron chi connectivity index (χ1n) is 10.7. The lowest BCUT2D eigenvalue weighted by molar-refractivity contribution is -0.121. The number of hydrogen-bond donors (Lipinski definition) is 2. The van der Waals surface area contributed by atoms with Crippen LogP contribution in [-0.2, 0) is 4.79 Å². The zero-order valence-electron chi connectivity index (χ0n) is 16.7. The van der Waals surface area contributed by atoms with Gasteiger partial charge in [0.2, 0.25) is 5.91 Å². The van der Waals surface area contributed by atoms with Gasteiger partial charge >= 0.3 is 0 Å². The highest BCUT2D eigenvalue weighted by atomic mass is 32.1. The van der Waals surface area contributed by atoms with Crippen LogP contribution in [0, 0.1) is 11.8 Å². The molecule has 1 aromatic carbocycles. The van der Waals surface area contributed by atoms with Gasteiger partial charge in [0.25, 0.3) is 5.91 Å². The molecule has 6 heteroatoms. The molecule has 1 saturated carbocycles. The molecular weight excluding hydrogens is 382 g/mol. The molecule has 1 aromatic heterocycles. The SMILES string of the molecule is O=C(Nc1ccc(NCC2CCCC2)cc1)C1CCN(C(=O)c2cccs2)CC1. The van der Waals surface area contributed by atoms with Crippen LogP contribution in [0.3, 0.4) is 0 Å². The minimum atomic E-state index is -0.0393. The van der Waals surface area contributed by atoms with Crippen LogP contribution in [0.1, 0.15) is 48.2 Å². The van der Waals surface area contributed by atoms with Crippen molar-refractivity contribution >= 4 is 34.5 Å². The molecule has 29 heavy (non-hydrogen) atoms. The fourth-order valence-electron chi connectivity index (χ4n) is 4.29. The molecule has 0 unspecified atom stereocenters. The molecule has 0 spiro atoms. The van der Waals surface area contributed by atoms with Gasteiger partial charge < -0.3 is 15.5 Å². The number of thiophene rings is 1. The van der Waals surface area contributed by atoms with E-state index in [1.54, 1.807) is 0 Å². The minimum Gasteiger partial charge on any atom is -0.385 e. The van der Waals surface area contributed by atoms with E-state index in [0.29, 0.717) is 25.9 Å². The quantitative estimate of drug-likeness (QED) is 0.715. The third kappa shape index (κ3) is 5.18. The van der Waals surface area contributed by atoms with Gasteiger partial charge in [0, 0.05) is 36.9 Å². The van der Waals surface area contributed by atoms with Crippen molar-refractivity contribution in [3.05, 3.63) is 46.7 Å². The zero-order chi connectivity index (χ0) is 20.1. The maximum atomic E-state index is 12.6. The van der Waals surface area contributed by atoms with Crippen molar-refractivity contribution in [3.63, 3.8) is 0 Å². The number of amides is 2. The van der Waals surface area contributed by atoms with Crippen molar-refractivity contribution < 1.29 is 9.59 Å². The summed E-state index contributed by atoms with van der Waals surface area (Å²) in [7, 11) is 0. The summed E-state index contributed by atoms with van der Waals surface area (Å²) in [5, 5.41) is 8.47. The van der Waals surface area contributed by atoms with Gasteiger partial charge in [-0.25, -0.2) is 0 Å². The lowest BCUT2D eigenvalue weighted by Crippen LogP contribution is -2.41. The van der Waals surface area contributed by atoms with Gasteiger partial charge in [-0.2, -0.15) is 0 Å². The van der Waals surface area contributed by atoms with Gasteiger partial charge in [-0.15, -0.1) is 11.3 Å². The van der Waals surface area contributed by atoms with Crippen LogP contribution < -0.4 is 10.6 Å². The summed E-state index contributed by atoms with van der Waals surface area (Å²) in [6, 6.07) is 11.8. The first-order valence-corrected chi connectivity index (χ1v) is 11.5. The van der Waals surface area contributed by atoms with Crippen molar-refractivity contribution in [2.75, 3.05) is 30.3 Å². The topological polar surface area (TPSA) is 61.4 Å². The zero-order valence-corrected chi connectivity index (χ0v) is 17.5. The van der Waals surface area contributed by atoms with E-state index in [4.69, 9.17) is 0 Å². The Kier molecular flexibility index (Phi) is 6.49. The molecular formula is C23H29N3O2S. The van der Waals surface area contributed by atoms with Crippen LogP contribution in [0.2, 0.25) is 0 Å². The van der Waals surface area contributed by atoms with E-state index < -0.39 is 0 Å². The summed E-state index contributed by atoms with van der Waals surface area (Å²) in [6.07, 6.45) is 6.81. The Morgan fingerprint density at radius 1 is 0.966 bits per heavy atom. The standard InChI is InChI=1S/C23H29N3O2S/c27-22(18-11-13-26(14-12-18)23(28)21-6-3-15-29-21)25-20-9-7-19(8-10-20)24-16-17-4-1-2-5-17/h3,6-10,15,17-18,24H,1-2,4-5,11-14,16H2,(H,25,27). The number of rotatable bonds is 6. The Labute approximate surface area is 176 Å². The van der Waals surface area contributed by atoms with Crippen molar-refractivity contribution in [2.45, 2.75) is 38.5 Å². The summed E-state index contributed by atoms with van der Waals surface area (Å²) in [6.45, 7) is 2.31. The number of carbonyl (C=O) groups excluding carboxylic acids is 2. The number of likely N-dealkylation sites (tertiary alicyclic amines) is 1. The summed E-state index contributed by atoms with van der Waals surface area (Å²) < 4.78 is 0. The fraction of sp³-hybridized carbons (Fsp3) is 0.478. The Morgan fingerprint density at radius 3 is 2.31 bits per heavy atom. The van der Waals surface area contributed by atoms with Crippen LogP contribution in [0.25, 0.3) is 0 Å². The van der Waals surface area contributed by atoms with Crippen LogP contribution >= 0.6 is 11.3 Å². The molecule has 1 aliphatic carbocycles. The van der Waals surface area contributed by atoms with Gasteiger partial charge in [0.05, 0.1) is 4.88 Å². The maximum Gasteiger partial charge on any atom is 0.263 e. The number of anilines is 2. The Morgan fingerprint density at radius 2 is 1.66 bits per heavy atom. The van der Waals surface area contributed by atoms with E-state index in [0.717, 1.165) is 28.7 Å². The summed E-state index contributed by atoms with van der Waals surface area (Å²) in [4.78, 5) is 27.7. The number of nitrogens with zero attached hydrogens (tertiary/aromatic N) is 1. The van der Waals surface area contributed by atoms with E-state index in [-0.39, 0.29) is 17.7 Å². The molecule has 154 valence electrons. The lowest BCUT2D eigenvalue weighted by atomic mass is 9.95. The monoisotopic (exact) mass is 411 g/mol. The lowest BCUT2D eigenvalue weighted by Gasteiger charge is -2.31. The van der Waals surface area contributed by atoms with Crippen LogP contribution in [-0.4, -0.2) is 36.3 Å². The summed E-state index contributed by atoms with van der Waals surface area (Å²) >= 11 is 1.47. The molecule has 0 radical (unpaired) electrons. The molecule has 1 aliphatic heterocycles. The highest BCUT2D eigenvalue weighted by Crippen LogP contribution is 2.26. The molecule has 2 N–H and O–H groups in total. The first kappa shape index (κ1) is 20.0. The predicted octanol–water partition coefficient (Wildman–Crippen LogP) is 4.84. The van der Waals surface area contributed by atoms with Crippen LogP contribution in [0.4, 0.5) is 11.4 Å². The second-order valence-corrected chi connectivity index (χ2v) is 9.09. The summed E-state index contributed by atoms with van der Waals surface area (Å²) in [5.74, 6) is 0.897. The largest absolute Gasteiger partial charge is 0.385 e. The highest BCUT2D eigenvalue weighted by molar-refractivity contribution is 7.12. The molecule has 5 nitrogen and oxygen atoms in total. The average molecular weight is 412 g/mol. The van der Waals surface area contributed by atoms with Gasteiger partial charge in [0.1, 0.15) is 0 Å². The number of hydrogen-bond acceptors (Lipinski definition) is 4. The normalized spacial score (nSPS) is 18.0. The van der Waals surface area contributed by atoms with Gasteiger partial charge in [0.15, 0.2) is 0 Å². The Balaban J connectivity index is 1.22. The maximum absolute atomic E-state index is 12.6. The molecule has 1 saturated heterocycles. The van der Waals surface area contributed by atoms with Gasteiger partial charge in [-0.3, -0.25) is 9.59 Å². The smallest absolute Gasteiger partial charge is 0.263 e. The van der Waals surface area contributed by atoms with Crippen molar-refractivity contribution in [1.82, 2.24) is 4.90 Å². The van der Waals surface area contributed by atoms with Crippen LogP contribution in [0.15, 0.2) is 41.8 Å². The summed E-state index contributed by atoms with van der Waals surface area (Å²) in [5.41, 5.74) is 1.94. The van der Waals surface area contributed by atoms with Crippen molar-refractivity contribution in [1.29, 1.82) is 0 Å². The van der Waals surface area contributed by atoms with E-state index in [2.05, 4.69) is 10.6 Å². The number of piperidine rings is 1. The molecule has 2 amide bonds. The minimum absolute atomic E-state index is 0.0393. The van der Waals surface area contributed by atoms with E-state index in [9.17, 15) is 9.59 Å². The third-order valence-electron chi connectivity index (χ3n) is 6.11. The van der Waals surface area contributed by atoms with E-state index >= 15 is 0 Å². The predicted molar refractivity (Wildman–Crippen MR) is 118 cm³/mol. The molecule has 4 rings (SSSR count). The van der Waals surface area contributed by atoms with Crippen molar-refractivity contribution in [3.8, 4) is 0 Å². The number of carbonyl (C=O) groups is 2. The molecule has 0 atom stereocenters. The fourth-order valence-corrected chi connectivity index (χ4v) is 4.98. The molecule has 2 heterocycles. The molecule has 2 aliphatic rings. The molecule has 2 fully saturated rings. The van der Waals surface area contributed by atoms with E-state index in [1.807, 2.05) is 46.7 Å². The second kappa shape index (κ2) is 9.44.